The number of imidazole rings is 1. The number of hydrogen-bond acceptors (Lipinski definition) is 8. The minimum Gasteiger partial charge on any atom is -0.489 e. The zero-order valence-corrected chi connectivity index (χ0v) is 19.3. The molecule has 1 aromatic heterocycles. The van der Waals surface area contributed by atoms with Crippen LogP contribution >= 0.6 is 0 Å². The van der Waals surface area contributed by atoms with Crippen LogP contribution in [0.25, 0.3) is 0 Å². The van der Waals surface area contributed by atoms with E-state index in [2.05, 4.69) is 9.88 Å². The Morgan fingerprint density at radius 2 is 2.00 bits per heavy atom. The van der Waals surface area contributed by atoms with E-state index in [1.165, 1.54) is 6.20 Å². The van der Waals surface area contributed by atoms with Gasteiger partial charge in [-0.15, -0.1) is 0 Å². The Labute approximate surface area is 192 Å². The van der Waals surface area contributed by atoms with Crippen LogP contribution in [0.5, 0.6) is 11.8 Å². The molecule has 2 aliphatic rings. The number of fused-ring (bicyclic) bond motifs is 1. The van der Waals surface area contributed by atoms with Gasteiger partial charge in [0.25, 0.3) is 0 Å². The summed E-state index contributed by atoms with van der Waals surface area (Å²) in [6.45, 7) is 10.7. The molecule has 2 aliphatic heterocycles. The average molecular weight is 460 g/mol. The van der Waals surface area contributed by atoms with Crippen molar-refractivity contribution in [3.8, 4) is 11.8 Å². The molecule has 0 spiro atoms. The van der Waals surface area contributed by atoms with Gasteiger partial charge in [0.15, 0.2) is 5.60 Å². The molecule has 2 aromatic rings. The third-order valence-corrected chi connectivity index (χ3v) is 5.42. The Morgan fingerprint density at radius 3 is 2.64 bits per heavy atom. The number of carbonyl (C=O) groups is 1. The first-order valence-corrected chi connectivity index (χ1v) is 10.9. The smallest absolute Gasteiger partial charge is 0.415 e. The quantitative estimate of drug-likeness (QED) is 0.495. The largest absolute Gasteiger partial charge is 0.489 e. The lowest BCUT2D eigenvalue weighted by Gasteiger charge is -2.36. The van der Waals surface area contributed by atoms with Gasteiger partial charge in [0.05, 0.1) is 6.54 Å². The van der Waals surface area contributed by atoms with E-state index in [1.54, 1.807) is 9.47 Å². The van der Waals surface area contributed by atoms with Gasteiger partial charge in [-0.1, -0.05) is 6.07 Å². The number of carbonyl (C=O) groups excluding carboxylic acids is 1. The molecule has 0 N–H and O–H groups in total. The zero-order chi connectivity index (χ0) is 23.8. The fraction of sp³-hybridized carbons (Fsp3) is 0.545. The third kappa shape index (κ3) is 5.29. The number of nitro groups is 1. The molecule has 178 valence electrons. The van der Waals surface area contributed by atoms with Crippen molar-refractivity contribution >= 4 is 17.6 Å². The maximum atomic E-state index is 12.3. The predicted molar refractivity (Wildman–Crippen MR) is 120 cm³/mol. The Hall–Kier alpha value is -3.50. The van der Waals surface area contributed by atoms with Gasteiger partial charge >= 0.3 is 17.9 Å². The van der Waals surface area contributed by atoms with E-state index in [9.17, 15) is 14.9 Å². The van der Waals surface area contributed by atoms with Crippen LogP contribution < -0.4 is 14.4 Å². The summed E-state index contributed by atoms with van der Waals surface area (Å²) in [7, 11) is 0. The van der Waals surface area contributed by atoms with Gasteiger partial charge in [0.2, 0.25) is 0 Å². The van der Waals surface area contributed by atoms with E-state index in [1.807, 2.05) is 52.0 Å². The highest BCUT2D eigenvalue weighted by molar-refractivity contribution is 5.68. The Balaban J connectivity index is 1.31. The lowest BCUT2D eigenvalue weighted by molar-refractivity contribution is -0.389. The van der Waals surface area contributed by atoms with Crippen LogP contribution in [0.1, 0.15) is 27.7 Å². The molecule has 1 amide bonds. The fourth-order valence-corrected chi connectivity index (χ4v) is 3.84. The first kappa shape index (κ1) is 22.7. The zero-order valence-electron chi connectivity index (χ0n) is 19.3. The summed E-state index contributed by atoms with van der Waals surface area (Å²) in [6.07, 6.45) is 1.09. The second-order valence-corrected chi connectivity index (χ2v) is 9.56. The van der Waals surface area contributed by atoms with Crippen LogP contribution in [0.2, 0.25) is 0 Å². The Bertz CT molecular complexity index is 1010. The topological polar surface area (TPSA) is 112 Å². The van der Waals surface area contributed by atoms with Gasteiger partial charge < -0.3 is 34.1 Å². The van der Waals surface area contributed by atoms with E-state index in [0.29, 0.717) is 38.5 Å². The van der Waals surface area contributed by atoms with Crippen LogP contribution in [-0.2, 0) is 11.3 Å². The van der Waals surface area contributed by atoms with E-state index in [0.717, 1.165) is 5.69 Å². The van der Waals surface area contributed by atoms with E-state index < -0.39 is 16.1 Å². The number of aromatic nitrogens is 2. The summed E-state index contributed by atoms with van der Waals surface area (Å²) in [5, 5.41) is 10.9. The second-order valence-electron chi connectivity index (χ2n) is 9.56. The van der Waals surface area contributed by atoms with Crippen molar-refractivity contribution < 1.29 is 23.9 Å². The van der Waals surface area contributed by atoms with Gasteiger partial charge in [-0.3, -0.25) is 4.57 Å². The van der Waals surface area contributed by atoms with Crippen LogP contribution in [0.4, 0.5) is 16.3 Å². The van der Waals surface area contributed by atoms with Gasteiger partial charge in [-0.25, -0.2) is 4.79 Å². The first-order valence-electron chi connectivity index (χ1n) is 10.9. The highest BCUT2D eigenvalue weighted by Crippen LogP contribution is 2.32. The van der Waals surface area contributed by atoms with Crippen molar-refractivity contribution in [2.75, 3.05) is 37.7 Å². The monoisotopic (exact) mass is 459 g/mol. The molecule has 1 atom stereocenters. The number of benzene rings is 1. The SMILES string of the molecule is CC(C)(C)OC(=O)N1CCN(c2cccc(OC[C@@]3(C)Cn4cc([N+](=O)[O-])nc4O3)c2)CC1. The average Bonchev–Trinajstić information content (AvgIpc) is 3.27. The summed E-state index contributed by atoms with van der Waals surface area (Å²) in [5.74, 6) is 0.467. The number of ether oxygens (including phenoxy) is 3. The molecule has 3 heterocycles. The maximum Gasteiger partial charge on any atom is 0.415 e. The summed E-state index contributed by atoms with van der Waals surface area (Å²) < 4.78 is 18.9. The van der Waals surface area contributed by atoms with Crippen molar-refractivity contribution in [1.29, 1.82) is 0 Å². The predicted octanol–water partition coefficient (Wildman–Crippen LogP) is 3.08. The van der Waals surface area contributed by atoms with E-state index >= 15 is 0 Å². The third-order valence-electron chi connectivity index (χ3n) is 5.42. The summed E-state index contributed by atoms with van der Waals surface area (Å²) in [4.78, 5) is 30.4. The van der Waals surface area contributed by atoms with Crippen molar-refractivity contribution in [2.24, 2.45) is 0 Å². The molecule has 1 aromatic carbocycles. The lowest BCUT2D eigenvalue weighted by Crippen LogP contribution is -2.50. The van der Waals surface area contributed by atoms with E-state index in [-0.39, 0.29) is 24.5 Å². The number of hydrogen-bond donors (Lipinski definition) is 0. The molecule has 11 heteroatoms. The molecular formula is C22H29N5O6. The Kier molecular flexibility index (Phi) is 5.81. The molecule has 0 saturated carbocycles. The highest BCUT2D eigenvalue weighted by Gasteiger charge is 2.41. The van der Waals surface area contributed by atoms with Crippen LogP contribution in [0.3, 0.4) is 0 Å². The molecule has 0 aliphatic carbocycles. The van der Waals surface area contributed by atoms with Crippen molar-refractivity contribution in [2.45, 2.75) is 45.4 Å². The molecule has 1 fully saturated rings. The normalized spacial score (nSPS) is 20.2. The molecule has 4 rings (SSSR count). The molecule has 1 saturated heterocycles. The fourth-order valence-electron chi connectivity index (χ4n) is 3.84. The van der Waals surface area contributed by atoms with Crippen molar-refractivity contribution in [1.82, 2.24) is 14.5 Å². The minimum atomic E-state index is -0.674. The van der Waals surface area contributed by atoms with Gasteiger partial charge in [-0.2, -0.15) is 0 Å². The number of piperazine rings is 1. The summed E-state index contributed by atoms with van der Waals surface area (Å²) in [6, 6.07) is 8.01. The first-order chi connectivity index (χ1) is 15.5. The number of amides is 1. The van der Waals surface area contributed by atoms with Gasteiger partial charge in [0.1, 0.15) is 24.2 Å². The minimum absolute atomic E-state index is 0.226. The number of rotatable bonds is 5. The molecule has 33 heavy (non-hydrogen) atoms. The van der Waals surface area contributed by atoms with Crippen LogP contribution in [-0.4, -0.2) is 69.5 Å². The van der Waals surface area contributed by atoms with Gasteiger partial charge in [0, 0.05) is 42.9 Å². The highest BCUT2D eigenvalue weighted by atomic mass is 16.6. The maximum absolute atomic E-state index is 12.3. The van der Waals surface area contributed by atoms with Crippen molar-refractivity contribution in [3.63, 3.8) is 0 Å². The standard InChI is InChI=1S/C22H29N5O6/c1-21(2,3)33-20(28)25-10-8-24(9-11-25)16-6-5-7-17(12-16)31-15-22(4)14-26-13-18(27(29)30)23-19(26)32-22/h5-7,12-13H,8-11,14-15H2,1-4H3/t22-/m1/s1. The Morgan fingerprint density at radius 1 is 1.27 bits per heavy atom. The summed E-state index contributed by atoms with van der Waals surface area (Å²) in [5.41, 5.74) is -0.170. The molecule has 0 radical (unpaired) electrons. The van der Waals surface area contributed by atoms with Crippen LogP contribution in [0, 0.1) is 10.1 Å². The molecule has 0 unspecified atom stereocenters. The number of nitrogens with zero attached hydrogens (tertiary/aromatic N) is 5. The van der Waals surface area contributed by atoms with Crippen molar-refractivity contribution in [3.05, 3.63) is 40.6 Å². The van der Waals surface area contributed by atoms with E-state index in [4.69, 9.17) is 14.2 Å². The summed E-state index contributed by atoms with van der Waals surface area (Å²) >= 11 is 0. The van der Waals surface area contributed by atoms with Gasteiger partial charge in [-0.05, 0) is 44.8 Å². The lowest BCUT2D eigenvalue weighted by atomic mass is 10.1. The molecular weight excluding hydrogens is 430 g/mol. The number of anilines is 1. The molecule has 0 bridgehead atoms. The van der Waals surface area contributed by atoms with Crippen LogP contribution in [0.15, 0.2) is 30.5 Å². The molecule has 11 nitrogen and oxygen atoms in total. The second kappa shape index (κ2) is 8.45.